The topological polar surface area (TPSA) is 53.1 Å². The van der Waals surface area contributed by atoms with Crippen LogP contribution in [0, 0.1) is 0 Å². The van der Waals surface area contributed by atoms with Crippen molar-refractivity contribution in [1.82, 2.24) is 14.7 Å². The van der Waals surface area contributed by atoms with Crippen molar-refractivity contribution in [3.8, 4) is 5.75 Å². The lowest BCUT2D eigenvalue weighted by atomic mass is 9.85. The Morgan fingerprint density at radius 1 is 1.12 bits per heavy atom. The van der Waals surface area contributed by atoms with E-state index in [0.29, 0.717) is 19.4 Å². The average Bonchev–Trinajstić information content (AvgIpc) is 2.83. The first-order chi connectivity index (χ1) is 12.4. The largest absolute Gasteiger partial charge is 0.497 e. The maximum atomic E-state index is 13.2. The van der Waals surface area contributed by atoms with Crippen LogP contribution >= 0.6 is 0 Å². The molecule has 0 N–H and O–H groups in total. The number of piperidine rings is 1. The molecule has 0 radical (unpaired) electrons. The number of urea groups is 1. The molecule has 0 aliphatic carbocycles. The molecule has 2 fully saturated rings. The normalized spacial score (nSPS) is 20.5. The standard InChI is InChI=1S/C20H29N3O3/c1-15(2)23-18(24)20(10-13-21(3)14-11-20)22(19(23)25)12-9-16-5-7-17(26-4)8-6-16/h5-8,15H,9-14H2,1-4H3. The van der Waals surface area contributed by atoms with E-state index in [0.717, 1.165) is 30.8 Å². The summed E-state index contributed by atoms with van der Waals surface area (Å²) in [7, 11) is 3.71. The summed E-state index contributed by atoms with van der Waals surface area (Å²) in [4.78, 5) is 31.7. The predicted molar refractivity (Wildman–Crippen MR) is 100 cm³/mol. The van der Waals surface area contributed by atoms with Crippen LogP contribution in [0.3, 0.4) is 0 Å². The van der Waals surface area contributed by atoms with Crippen molar-refractivity contribution >= 4 is 11.9 Å². The van der Waals surface area contributed by atoms with Crippen LogP contribution in [0.25, 0.3) is 0 Å². The van der Waals surface area contributed by atoms with Crippen molar-refractivity contribution < 1.29 is 14.3 Å². The molecule has 2 heterocycles. The molecule has 2 saturated heterocycles. The van der Waals surface area contributed by atoms with Crippen LogP contribution in [-0.2, 0) is 11.2 Å². The minimum atomic E-state index is -0.666. The first kappa shape index (κ1) is 18.7. The monoisotopic (exact) mass is 359 g/mol. The summed E-state index contributed by atoms with van der Waals surface area (Å²) in [5.74, 6) is 0.805. The molecule has 2 aliphatic heterocycles. The number of hydrogen-bond donors (Lipinski definition) is 0. The second-order valence-corrected chi connectivity index (χ2v) is 7.64. The number of amides is 3. The molecule has 6 nitrogen and oxygen atoms in total. The highest BCUT2D eigenvalue weighted by Crippen LogP contribution is 2.38. The summed E-state index contributed by atoms with van der Waals surface area (Å²) < 4.78 is 5.20. The maximum absolute atomic E-state index is 13.2. The van der Waals surface area contributed by atoms with Crippen LogP contribution in [0.5, 0.6) is 5.75 Å². The number of carbonyl (C=O) groups is 2. The number of benzene rings is 1. The van der Waals surface area contributed by atoms with Crippen LogP contribution < -0.4 is 4.74 Å². The first-order valence-corrected chi connectivity index (χ1v) is 9.36. The molecule has 0 saturated carbocycles. The van der Waals surface area contributed by atoms with E-state index < -0.39 is 5.54 Å². The fourth-order valence-corrected chi connectivity index (χ4v) is 4.01. The smallest absolute Gasteiger partial charge is 0.327 e. The molecule has 0 unspecified atom stereocenters. The van der Waals surface area contributed by atoms with E-state index >= 15 is 0 Å². The van der Waals surface area contributed by atoms with Gasteiger partial charge in [0.25, 0.3) is 5.91 Å². The highest BCUT2D eigenvalue weighted by atomic mass is 16.5. The molecule has 1 aromatic carbocycles. The van der Waals surface area contributed by atoms with Crippen LogP contribution in [0.2, 0.25) is 0 Å². The molecular formula is C20H29N3O3. The van der Waals surface area contributed by atoms with Gasteiger partial charge in [0, 0.05) is 25.7 Å². The first-order valence-electron chi connectivity index (χ1n) is 9.36. The van der Waals surface area contributed by atoms with E-state index in [1.54, 1.807) is 7.11 Å². The van der Waals surface area contributed by atoms with Gasteiger partial charge < -0.3 is 14.5 Å². The average molecular weight is 359 g/mol. The molecule has 3 rings (SSSR count). The van der Waals surface area contributed by atoms with E-state index in [2.05, 4.69) is 11.9 Å². The van der Waals surface area contributed by atoms with Gasteiger partial charge in [-0.25, -0.2) is 4.79 Å². The van der Waals surface area contributed by atoms with E-state index in [9.17, 15) is 9.59 Å². The Morgan fingerprint density at radius 2 is 1.73 bits per heavy atom. The fourth-order valence-electron chi connectivity index (χ4n) is 4.01. The van der Waals surface area contributed by atoms with Crippen molar-refractivity contribution in [3.05, 3.63) is 29.8 Å². The Hall–Kier alpha value is -2.08. The number of imide groups is 1. The summed E-state index contributed by atoms with van der Waals surface area (Å²) >= 11 is 0. The zero-order valence-electron chi connectivity index (χ0n) is 16.2. The zero-order chi connectivity index (χ0) is 18.9. The van der Waals surface area contributed by atoms with Crippen molar-refractivity contribution in [1.29, 1.82) is 0 Å². The Bertz CT molecular complexity index is 663. The van der Waals surface area contributed by atoms with Crippen LogP contribution in [0.15, 0.2) is 24.3 Å². The molecule has 3 amide bonds. The van der Waals surface area contributed by atoms with Gasteiger partial charge in [-0.3, -0.25) is 9.69 Å². The molecule has 0 bridgehead atoms. The Kier molecular flexibility index (Phi) is 5.23. The fraction of sp³-hybridized carbons (Fsp3) is 0.600. The third kappa shape index (κ3) is 3.18. The van der Waals surface area contributed by atoms with E-state index in [-0.39, 0.29) is 18.0 Å². The third-order valence-corrected chi connectivity index (χ3v) is 5.68. The number of likely N-dealkylation sites (tertiary alicyclic amines) is 1. The third-order valence-electron chi connectivity index (χ3n) is 5.68. The maximum Gasteiger partial charge on any atom is 0.327 e. The summed E-state index contributed by atoms with van der Waals surface area (Å²) in [6.45, 7) is 6.05. The van der Waals surface area contributed by atoms with E-state index in [1.165, 1.54) is 4.90 Å². The van der Waals surface area contributed by atoms with Gasteiger partial charge in [-0.05, 0) is 57.9 Å². The lowest BCUT2D eigenvalue weighted by Gasteiger charge is -2.41. The molecule has 0 atom stereocenters. The van der Waals surface area contributed by atoms with Crippen molar-refractivity contribution in [3.63, 3.8) is 0 Å². The molecule has 1 aromatic rings. The van der Waals surface area contributed by atoms with Crippen LogP contribution in [-0.4, -0.2) is 72.0 Å². The molecule has 2 aliphatic rings. The summed E-state index contributed by atoms with van der Waals surface area (Å²) in [5, 5.41) is 0. The number of methoxy groups -OCH3 is 1. The predicted octanol–water partition coefficient (Wildman–Crippen LogP) is 2.37. The lowest BCUT2D eigenvalue weighted by molar-refractivity contribution is -0.136. The number of hydrogen-bond acceptors (Lipinski definition) is 4. The SMILES string of the molecule is COc1ccc(CCN2C(=O)N(C(C)C)C(=O)C23CCN(C)CC3)cc1. The van der Waals surface area contributed by atoms with E-state index in [1.807, 2.05) is 43.0 Å². The Balaban J connectivity index is 1.81. The van der Waals surface area contributed by atoms with Crippen LogP contribution in [0.1, 0.15) is 32.3 Å². The van der Waals surface area contributed by atoms with Gasteiger partial charge >= 0.3 is 6.03 Å². The van der Waals surface area contributed by atoms with Gasteiger partial charge in [0.15, 0.2) is 0 Å². The summed E-state index contributed by atoms with van der Waals surface area (Å²) in [6.07, 6.45) is 2.15. The van der Waals surface area contributed by atoms with E-state index in [4.69, 9.17) is 4.74 Å². The highest BCUT2D eigenvalue weighted by Gasteiger charge is 2.57. The number of ether oxygens (including phenoxy) is 1. The summed E-state index contributed by atoms with van der Waals surface area (Å²) in [5.41, 5.74) is 0.470. The van der Waals surface area contributed by atoms with Crippen molar-refractivity contribution in [2.24, 2.45) is 0 Å². The van der Waals surface area contributed by atoms with Crippen LogP contribution in [0.4, 0.5) is 4.79 Å². The van der Waals surface area contributed by atoms with Gasteiger partial charge in [-0.2, -0.15) is 0 Å². The van der Waals surface area contributed by atoms with Gasteiger partial charge in [-0.1, -0.05) is 12.1 Å². The second-order valence-electron chi connectivity index (χ2n) is 7.64. The van der Waals surface area contributed by atoms with Gasteiger partial charge in [0.2, 0.25) is 0 Å². The molecule has 142 valence electrons. The van der Waals surface area contributed by atoms with Gasteiger partial charge in [0.1, 0.15) is 11.3 Å². The minimum absolute atomic E-state index is 0.0136. The highest BCUT2D eigenvalue weighted by molar-refractivity contribution is 6.07. The number of carbonyl (C=O) groups excluding carboxylic acids is 2. The molecule has 1 spiro atoms. The summed E-state index contributed by atoms with van der Waals surface area (Å²) in [6, 6.07) is 7.64. The quantitative estimate of drug-likeness (QED) is 0.758. The molecule has 26 heavy (non-hydrogen) atoms. The Morgan fingerprint density at radius 3 is 2.27 bits per heavy atom. The Labute approximate surface area is 155 Å². The second kappa shape index (κ2) is 7.27. The number of rotatable bonds is 5. The number of nitrogens with zero attached hydrogens (tertiary/aromatic N) is 3. The lowest BCUT2D eigenvalue weighted by Crippen LogP contribution is -2.56. The van der Waals surface area contributed by atoms with Crippen molar-refractivity contribution in [2.45, 2.75) is 44.7 Å². The molecule has 0 aromatic heterocycles. The van der Waals surface area contributed by atoms with Gasteiger partial charge in [-0.15, -0.1) is 0 Å². The van der Waals surface area contributed by atoms with Crippen molar-refractivity contribution in [2.75, 3.05) is 33.8 Å². The minimum Gasteiger partial charge on any atom is -0.497 e. The van der Waals surface area contributed by atoms with Gasteiger partial charge in [0.05, 0.1) is 7.11 Å². The molecule has 6 heteroatoms. The molecular weight excluding hydrogens is 330 g/mol. The zero-order valence-corrected chi connectivity index (χ0v) is 16.2.